The van der Waals surface area contributed by atoms with Crippen molar-refractivity contribution in [2.24, 2.45) is 5.92 Å². The van der Waals surface area contributed by atoms with Crippen LogP contribution in [0.2, 0.25) is 0 Å². The van der Waals surface area contributed by atoms with Gasteiger partial charge in [-0.25, -0.2) is 4.79 Å². The van der Waals surface area contributed by atoms with Gasteiger partial charge in [0.15, 0.2) is 0 Å². The summed E-state index contributed by atoms with van der Waals surface area (Å²) in [5, 5.41) is 9.47. The Morgan fingerprint density at radius 1 is 1.19 bits per heavy atom. The molecule has 3 atom stereocenters. The molecule has 27 heavy (non-hydrogen) atoms. The fourth-order valence-corrected chi connectivity index (χ4v) is 4.46. The van der Waals surface area contributed by atoms with Gasteiger partial charge >= 0.3 is 5.97 Å². The standard InChI is InChI=1S/C22H31NO4/c1-22(2,3)16-9-11-17(12-10-16)27-13-5-8-20(24)23-18-7-4-6-15(18)14-19(23)21(25)26/h9-12,15,18-19H,4-8,13-14H2,1-3H3,(H,25,26)/t15-,18-,19-/m0/s1. The molecule has 3 rings (SSSR count). The van der Waals surface area contributed by atoms with Crippen molar-refractivity contribution in [3.63, 3.8) is 0 Å². The van der Waals surface area contributed by atoms with Crippen molar-refractivity contribution in [2.75, 3.05) is 6.61 Å². The number of rotatable bonds is 6. The number of aliphatic carboxylic acids is 1. The highest BCUT2D eigenvalue weighted by atomic mass is 16.5. The van der Waals surface area contributed by atoms with E-state index in [0.29, 0.717) is 31.8 Å². The van der Waals surface area contributed by atoms with Crippen molar-refractivity contribution in [1.82, 2.24) is 4.90 Å². The number of carboxylic acids is 1. The molecule has 5 heteroatoms. The van der Waals surface area contributed by atoms with Crippen molar-refractivity contribution in [2.45, 2.75) is 76.8 Å². The third-order valence-electron chi connectivity index (χ3n) is 5.94. The summed E-state index contributed by atoms with van der Waals surface area (Å²) < 4.78 is 5.76. The van der Waals surface area contributed by atoms with E-state index in [2.05, 4.69) is 32.9 Å². The first-order valence-corrected chi connectivity index (χ1v) is 10.0. The molecular weight excluding hydrogens is 342 g/mol. The number of hydrogen-bond acceptors (Lipinski definition) is 3. The van der Waals surface area contributed by atoms with Crippen molar-refractivity contribution < 1.29 is 19.4 Å². The monoisotopic (exact) mass is 373 g/mol. The minimum absolute atomic E-state index is 0.0384. The minimum atomic E-state index is -0.868. The lowest BCUT2D eigenvalue weighted by molar-refractivity contribution is -0.149. The van der Waals surface area contributed by atoms with E-state index >= 15 is 0 Å². The number of carbonyl (C=O) groups is 2. The molecule has 2 aliphatic rings. The van der Waals surface area contributed by atoms with E-state index in [0.717, 1.165) is 25.0 Å². The predicted molar refractivity (Wildman–Crippen MR) is 104 cm³/mol. The zero-order valence-electron chi connectivity index (χ0n) is 16.6. The summed E-state index contributed by atoms with van der Waals surface area (Å²) in [6.07, 6.45) is 4.64. The maximum absolute atomic E-state index is 12.7. The van der Waals surface area contributed by atoms with E-state index < -0.39 is 12.0 Å². The van der Waals surface area contributed by atoms with Gasteiger partial charge in [-0.1, -0.05) is 39.3 Å². The lowest BCUT2D eigenvalue weighted by Crippen LogP contribution is -2.44. The molecule has 1 saturated heterocycles. The Kier molecular flexibility index (Phi) is 5.78. The van der Waals surface area contributed by atoms with Crippen LogP contribution in [0.15, 0.2) is 24.3 Å². The number of nitrogens with zero attached hydrogens (tertiary/aromatic N) is 1. The molecular formula is C22H31NO4. The lowest BCUT2D eigenvalue weighted by atomic mass is 9.87. The van der Waals surface area contributed by atoms with Gasteiger partial charge in [0.25, 0.3) is 0 Å². The highest BCUT2D eigenvalue weighted by molar-refractivity contribution is 5.84. The summed E-state index contributed by atoms with van der Waals surface area (Å²) in [7, 11) is 0. The molecule has 1 N–H and O–H groups in total. The number of hydrogen-bond donors (Lipinski definition) is 1. The maximum Gasteiger partial charge on any atom is 0.326 e. The smallest absolute Gasteiger partial charge is 0.326 e. The number of carbonyl (C=O) groups excluding carboxylic acids is 1. The molecule has 0 aromatic heterocycles. The average Bonchev–Trinajstić information content (AvgIpc) is 3.19. The highest BCUT2D eigenvalue weighted by Gasteiger charge is 2.48. The normalized spacial score (nSPS) is 24.7. The molecule has 2 fully saturated rings. The van der Waals surface area contributed by atoms with Crippen molar-refractivity contribution in [3.05, 3.63) is 29.8 Å². The number of amides is 1. The Hall–Kier alpha value is -2.04. The van der Waals surface area contributed by atoms with Gasteiger partial charge in [0.1, 0.15) is 11.8 Å². The van der Waals surface area contributed by atoms with Crippen LogP contribution < -0.4 is 4.74 Å². The Morgan fingerprint density at radius 3 is 2.52 bits per heavy atom. The molecule has 5 nitrogen and oxygen atoms in total. The van der Waals surface area contributed by atoms with Crippen LogP contribution in [0.1, 0.15) is 64.9 Å². The number of benzene rings is 1. The SMILES string of the molecule is CC(C)(C)c1ccc(OCCCC(=O)N2[C@H](C(=O)O)C[C@@H]3CCC[C@@H]32)cc1. The highest BCUT2D eigenvalue weighted by Crippen LogP contribution is 2.41. The second-order valence-electron chi connectivity index (χ2n) is 8.88. The molecule has 1 aliphatic heterocycles. The van der Waals surface area contributed by atoms with E-state index in [1.807, 2.05) is 12.1 Å². The van der Waals surface area contributed by atoms with E-state index in [9.17, 15) is 14.7 Å². The van der Waals surface area contributed by atoms with Crippen LogP contribution in [0.3, 0.4) is 0 Å². The van der Waals surface area contributed by atoms with Crippen LogP contribution >= 0.6 is 0 Å². The third-order valence-corrected chi connectivity index (χ3v) is 5.94. The first-order chi connectivity index (χ1) is 12.8. The summed E-state index contributed by atoms with van der Waals surface area (Å²) >= 11 is 0. The van der Waals surface area contributed by atoms with Gasteiger partial charge in [-0.3, -0.25) is 4.79 Å². The van der Waals surface area contributed by atoms with Gasteiger partial charge in [-0.15, -0.1) is 0 Å². The minimum Gasteiger partial charge on any atom is -0.494 e. The molecule has 1 aromatic carbocycles. The lowest BCUT2D eigenvalue weighted by Gasteiger charge is -2.27. The van der Waals surface area contributed by atoms with Crippen molar-refractivity contribution in [3.8, 4) is 5.75 Å². The van der Waals surface area contributed by atoms with Gasteiger partial charge in [-0.05, 0) is 54.7 Å². The summed E-state index contributed by atoms with van der Waals surface area (Å²) in [5.41, 5.74) is 1.37. The fraction of sp³-hybridized carbons (Fsp3) is 0.636. The fourth-order valence-electron chi connectivity index (χ4n) is 4.46. The van der Waals surface area contributed by atoms with Crippen molar-refractivity contribution >= 4 is 11.9 Å². The second kappa shape index (κ2) is 7.91. The molecule has 0 spiro atoms. The topological polar surface area (TPSA) is 66.8 Å². The van der Waals surface area contributed by atoms with Gasteiger partial charge in [-0.2, -0.15) is 0 Å². The predicted octanol–water partition coefficient (Wildman–Crippen LogP) is 4.00. The van der Waals surface area contributed by atoms with Gasteiger partial charge in [0.2, 0.25) is 5.91 Å². The molecule has 1 aliphatic carbocycles. The number of likely N-dealkylation sites (tertiary alicyclic amines) is 1. The molecule has 0 unspecified atom stereocenters. The molecule has 1 heterocycles. The molecule has 0 radical (unpaired) electrons. The first kappa shape index (κ1) is 19.7. The Labute approximate surface area is 161 Å². The molecule has 1 amide bonds. The first-order valence-electron chi connectivity index (χ1n) is 10.0. The molecule has 1 aromatic rings. The van der Waals surface area contributed by atoms with Crippen LogP contribution in [0.4, 0.5) is 0 Å². The van der Waals surface area contributed by atoms with Gasteiger partial charge < -0.3 is 14.7 Å². The van der Waals surface area contributed by atoms with Crippen LogP contribution in [0.5, 0.6) is 5.75 Å². The second-order valence-corrected chi connectivity index (χ2v) is 8.88. The van der Waals surface area contributed by atoms with Crippen molar-refractivity contribution in [1.29, 1.82) is 0 Å². The number of carboxylic acid groups (broad SMARTS) is 1. The molecule has 1 saturated carbocycles. The Balaban J connectivity index is 1.48. The number of fused-ring (bicyclic) bond motifs is 1. The third kappa shape index (κ3) is 4.45. The summed E-state index contributed by atoms with van der Waals surface area (Å²) in [6.45, 7) is 6.98. The van der Waals surface area contributed by atoms with Crippen LogP contribution in [0, 0.1) is 5.92 Å². The van der Waals surface area contributed by atoms with Gasteiger partial charge in [0.05, 0.1) is 6.61 Å². The maximum atomic E-state index is 12.7. The Bertz CT molecular complexity index is 677. The number of ether oxygens (including phenoxy) is 1. The molecule has 0 bridgehead atoms. The van der Waals surface area contributed by atoms with E-state index in [1.54, 1.807) is 4.90 Å². The zero-order chi connectivity index (χ0) is 19.6. The largest absolute Gasteiger partial charge is 0.494 e. The Morgan fingerprint density at radius 2 is 1.89 bits per heavy atom. The van der Waals surface area contributed by atoms with E-state index in [4.69, 9.17) is 4.74 Å². The van der Waals surface area contributed by atoms with Crippen LogP contribution in [-0.4, -0.2) is 40.6 Å². The summed E-state index contributed by atoms with van der Waals surface area (Å²) in [4.78, 5) is 25.9. The average molecular weight is 373 g/mol. The quantitative estimate of drug-likeness (QED) is 0.766. The summed E-state index contributed by atoms with van der Waals surface area (Å²) in [6, 6.07) is 7.56. The van der Waals surface area contributed by atoms with Crippen LogP contribution in [-0.2, 0) is 15.0 Å². The van der Waals surface area contributed by atoms with Gasteiger partial charge in [0, 0.05) is 12.5 Å². The zero-order valence-corrected chi connectivity index (χ0v) is 16.6. The molecule has 148 valence electrons. The van der Waals surface area contributed by atoms with E-state index in [-0.39, 0.29) is 17.4 Å². The van der Waals surface area contributed by atoms with Crippen LogP contribution in [0.25, 0.3) is 0 Å². The summed E-state index contributed by atoms with van der Waals surface area (Å²) in [5.74, 6) is 0.264. The van der Waals surface area contributed by atoms with E-state index in [1.165, 1.54) is 5.56 Å².